The summed E-state index contributed by atoms with van der Waals surface area (Å²) in [6.07, 6.45) is 4.78. The number of hydrogen-bond donors (Lipinski definition) is 4. The highest BCUT2D eigenvalue weighted by Crippen LogP contribution is 2.28. The first kappa shape index (κ1) is 18.7. The van der Waals surface area contributed by atoms with Crippen molar-refractivity contribution in [2.45, 2.75) is 69.5 Å². The monoisotopic (exact) mass is 335 g/mol. The summed E-state index contributed by atoms with van der Waals surface area (Å²) in [4.78, 5) is 0. The maximum Gasteiger partial charge on any atom is 0.345 e. The Hall–Kier alpha value is -0.600. The lowest BCUT2D eigenvalue weighted by Crippen LogP contribution is -2.54. The van der Waals surface area contributed by atoms with Crippen molar-refractivity contribution in [1.29, 1.82) is 0 Å². The van der Waals surface area contributed by atoms with Gasteiger partial charge in [-0.25, -0.2) is 0 Å². The van der Waals surface area contributed by atoms with E-state index in [4.69, 9.17) is 0 Å². The predicted octanol–water partition coefficient (Wildman–Crippen LogP) is 1.18. The third kappa shape index (κ3) is 5.46. The molecule has 2 rings (SSSR count). The lowest BCUT2D eigenvalue weighted by atomic mass is 9.88. The fraction of sp³-hybridized carbons (Fsp3) is 0.875. The third-order valence-corrected chi connectivity index (χ3v) is 4.83. The normalized spacial score (nSPS) is 32.5. The van der Waals surface area contributed by atoms with Gasteiger partial charge in [-0.05, 0) is 30.9 Å². The molecule has 4 N–H and O–H groups in total. The summed E-state index contributed by atoms with van der Waals surface area (Å²) in [7, 11) is 0. The lowest BCUT2D eigenvalue weighted by molar-refractivity contribution is -0.129. The zero-order valence-electron chi connectivity index (χ0n) is 13.2. The van der Waals surface area contributed by atoms with E-state index in [1.807, 2.05) is 0 Å². The molecule has 0 radical (unpaired) electrons. The SMILES string of the molecule is O[C@@H]1[C@@H](O)[C@@H](O)C(COC(F)F)=C[C@H]1NCCCC1CCCC1. The topological polar surface area (TPSA) is 82.0 Å². The fourth-order valence-electron chi connectivity index (χ4n) is 3.48. The second kappa shape index (κ2) is 9.03. The molecule has 5 nitrogen and oxygen atoms in total. The number of halogens is 2. The number of aliphatic hydroxyl groups is 3. The standard InChI is InChI=1S/C16H27F2NO4/c17-16(18)23-9-11-8-12(14(21)15(22)13(11)20)19-7-3-6-10-4-1-2-5-10/h8,10,12-16,19-22H,1-7,9H2/t12-,13+,14+,15+/m1/s1. The molecule has 0 aromatic carbocycles. The van der Waals surface area contributed by atoms with Gasteiger partial charge in [0, 0.05) is 0 Å². The molecule has 0 aliphatic heterocycles. The van der Waals surface area contributed by atoms with Gasteiger partial charge in [-0.2, -0.15) is 8.78 Å². The van der Waals surface area contributed by atoms with Gasteiger partial charge in [0.2, 0.25) is 0 Å². The van der Waals surface area contributed by atoms with E-state index < -0.39 is 37.6 Å². The first-order valence-electron chi connectivity index (χ1n) is 8.37. The molecule has 134 valence electrons. The number of alkyl halides is 2. The molecule has 2 aliphatic carbocycles. The summed E-state index contributed by atoms with van der Waals surface area (Å²) in [6, 6.07) is -0.576. The average molecular weight is 335 g/mol. The summed E-state index contributed by atoms with van der Waals surface area (Å²) in [5.74, 6) is 0.783. The van der Waals surface area contributed by atoms with Crippen molar-refractivity contribution in [3.63, 3.8) is 0 Å². The Morgan fingerprint density at radius 1 is 1.17 bits per heavy atom. The fourth-order valence-corrected chi connectivity index (χ4v) is 3.48. The molecule has 0 aromatic rings. The van der Waals surface area contributed by atoms with Crippen LogP contribution in [0.3, 0.4) is 0 Å². The summed E-state index contributed by atoms with van der Waals surface area (Å²) >= 11 is 0. The molecule has 0 unspecified atom stereocenters. The molecule has 1 saturated carbocycles. The minimum absolute atomic E-state index is 0.163. The Morgan fingerprint density at radius 3 is 2.52 bits per heavy atom. The zero-order chi connectivity index (χ0) is 16.8. The van der Waals surface area contributed by atoms with Crippen molar-refractivity contribution in [3.8, 4) is 0 Å². The van der Waals surface area contributed by atoms with Gasteiger partial charge in [-0.3, -0.25) is 0 Å². The van der Waals surface area contributed by atoms with Crippen LogP contribution in [0, 0.1) is 5.92 Å². The molecule has 0 aromatic heterocycles. The molecule has 0 spiro atoms. The molecule has 7 heteroatoms. The minimum Gasteiger partial charge on any atom is -0.388 e. The van der Waals surface area contributed by atoms with E-state index >= 15 is 0 Å². The Labute approximate surface area is 135 Å². The largest absolute Gasteiger partial charge is 0.388 e. The predicted molar refractivity (Wildman–Crippen MR) is 81.0 cm³/mol. The highest BCUT2D eigenvalue weighted by Gasteiger charge is 2.37. The van der Waals surface area contributed by atoms with Crippen molar-refractivity contribution in [3.05, 3.63) is 11.6 Å². The number of nitrogens with one attached hydrogen (secondary N) is 1. The first-order chi connectivity index (χ1) is 11.0. The highest BCUT2D eigenvalue weighted by molar-refractivity contribution is 5.21. The Bertz CT molecular complexity index is 388. The van der Waals surface area contributed by atoms with Crippen LogP contribution >= 0.6 is 0 Å². The second-order valence-corrected chi connectivity index (χ2v) is 6.51. The molecule has 0 bridgehead atoms. The van der Waals surface area contributed by atoms with E-state index in [1.54, 1.807) is 0 Å². The summed E-state index contributed by atoms with van der Waals surface area (Å²) in [6.45, 7) is -2.74. The highest BCUT2D eigenvalue weighted by atomic mass is 19.3. The quantitative estimate of drug-likeness (QED) is 0.396. The van der Waals surface area contributed by atoms with Gasteiger partial charge < -0.3 is 25.4 Å². The number of aliphatic hydroxyl groups excluding tert-OH is 3. The first-order valence-corrected chi connectivity index (χ1v) is 8.37. The van der Waals surface area contributed by atoms with Crippen LogP contribution in [0.25, 0.3) is 0 Å². The molecule has 0 heterocycles. The van der Waals surface area contributed by atoms with Crippen molar-refractivity contribution >= 4 is 0 Å². The van der Waals surface area contributed by atoms with E-state index in [1.165, 1.54) is 31.8 Å². The van der Waals surface area contributed by atoms with Crippen LogP contribution < -0.4 is 5.32 Å². The van der Waals surface area contributed by atoms with Crippen LogP contribution in [0.5, 0.6) is 0 Å². The molecule has 4 atom stereocenters. The maximum atomic E-state index is 12.1. The van der Waals surface area contributed by atoms with Gasteiger partial charge in [0.25, 0.3) is 0 Å². The number of rotatable bonds is 8. The molecular formula is C16H27F2NO4. The van der Waals surface area contributed by atoms with Gasteiger partial charge in [0.1, 0.15) is 18.3 Å². The molecule has 23 heavy (non-hydrogen) atoms. The van der Waals surface area contributed by atoms with E-state index in [9.17, 15) is 24.1 Å². The second-order valence-electron chi connectivity index (χ2n) is 6.51. The van der Waals surface area contributed by atoms with E-state index in [-0.39, 0.29) is 5.57 Å². The van der Waals surface area contributed by atoms with Crippen LogP contribution in [0.2, 0.25) is 0 Å². The van der Waals surface area contributed by atoms with Crippen LogP contribution in [0.15, 0.2) is 11.6 Å². The van der Waals surface area contributed by atoms with Crippen molar-refractivity contribution < 1.29 is 28.8 Å². The van der Waals surface area contributed by atoms with Gasteiger partial charge in [-0.1, -0.05) is 31.8 Å². The van der Waals surface area contributed by atoms with E-state index in [0.717, 1.165) is 18.8 Å². The van der Waals surface area contributed by atoms with Gasteiger partial charge in [0.05, 0.1) is 12.6 Å². The molecule has 0 saturated heterocycles. The van der Waals surface area contributed by atoms with Crippen LogP contribution in [0.4, 0.5) is 8.78 Å². The van der Waals surface area contributed by atoms with E-state index in [2.05, 4.69) is 10.1 Å². The van der Waals surface area contributed by atoms with Gasteiger partial charge in [0.15, 0.2) is 0 Å². The molecule has 1 fully saturated rings. The Kier molecular flexibility index (Phi) is 7.36. The number of ether oxygens (including phenoxy) is 1. The lowest BCUT2D eigenvalue weighted by Gasteiger charge is -2.35. The van der Waals surface area contributed by atoms with Crippen molar-refractivity contribution in [2.24, 2.45) is 5.92 Å². The zero-order valence-corrected chi connectivity index (χ0v) is 13.2. The summed E-state index contributed by atoms with van der Waals surface area (Å²) < 4.78 is 28.4. The Balaban J connectivity index is 1.81. The van der Waals surface area contributed by atoms with Crippen LogP contribution in [0.1, 0.15) is 38.5 Å². The number of hydrogen-bond acceptors (Lipinski definition) is 5. The molecule has 0 amide bonds. The smallest absolute Gasteiger partial charge is 0.345 e. The Morgan fingerprint density at radius 2 is 1.87 bits per heavy atom. The van der Waals surface area contributed by atoms with Crippen molar-refractivity contribution in [2.75, 3.05) is 13.2 Å². The molecule has 2 aliphatic rings. The van der Waals surface area contributed by atoms with Crippen LogP contribution in [-0.4, -0.2) is 59.4 Å². The summed E-state index contributed by atoms with van der Waals surface area (Å²) in [5, 5.41) is 32.8. The van der Waals surface area contributed by atoms with E-state index in [0.29, 0.717) is 6.54 Å². The van der Waals surface area contributed by atoms with Crippen LogP contribution in [-0.2, 0) is 4.74 Å². The average Bonchev–Trinajstić information content (AvgIpc) is 3.03. The third-order valence-electron chi connectivity index (χ3n) is 4.83. The summed E-state index contributed by atoms with van der Waals surface area (Å²) in [5.41, 5.74) is 0.163. The van der Waals surface area contributed by atoms with Crippen molar-refractivity contribution in [1.82, 2.24) is 5.32 Å². The molecular weight excluding hydrogens is 308 g/mol. The minimum atomic E-state index is -2.94. The van der Waals surface area contributed by atoms with Gasteiger partial charge >= 0.3 is 6.61 Å². The maximum absolute atomic E-state index is 12.1. The van der Waals surface area contributed by atoms with Gasteiger partial charge in [-0.15, -0.1) is 0 Å².